The molecule has 2 aromatic heterocycles. The van der Waals surface area contributed by atoms with Crippen LogP contribution in [0, 0.1) is 6.92 Å². The Morgan fingerprint density at radius 2 is 2.00 bits per heavy atom. The number of aryl methyl sites for hydroxylation is 1. The predicted molar refractivity (Wildman–Crippen MR) is 112 cm³/mol. The van der Waals surface area contributed by atoms with Gasteiger partial charge in [0, 0.05) is 24.1 Å². The van der Waals surface area contributed by atoms with E-state index < -0.39 is 0 Å². The molecule has 5 heteroatoms. The number of pyridine rings is 2. The van der Waals surface area contributed by atoms with Crippen LogP contribution in [0.1, 0.15) is 45.7 Å². The number of nitrogens with one attached hydrogen (secondary N) is 2. The van der Waals surface area contributed by atoms with Gasteiger partial charge < -0.3 is 10.6 Å². The average molecular weight is 370 g/mol. The molecule has 28 heavy (non-hydrogen) atoms. The van der Waals surface area contributed by atoms with Crippen LogP contribution < -0.4 is 10.6 Å². The van der Waals surface area contributed by atoms with Crippen molar-refractivity contribution in [3.8, 4) is 0 Å². The van der Waals surface area contributed by atoms with Crippen LogP contribution in [0.5, 0.6) is 0 Å². The molecule has 0 bridgehead atoms. The van der Waals surface area contributed by atoms with Gasteiger partial charge in [0.15, 0.2) is 0 Å². The number of hydrogen-bond acceptors (Lipinski definition) is 4. The van der Waals surface area contributed by atoms with Crippen molar-refractivity contribution in [2.75, 3.05) is 10.6 Å². The molecule has 1 aromatic carbocycles. The first kappa shape index (κ1) is 17.9. The molecule has 0 saturated carbocycles. The number of benzene rings is 1. The lowest BCUT2D eigenvalue weighted by Crippen LogP contribution is -2.13. The van der Waals surface area contributed by atoms with Crippen molar-refractivity contribution in [3.05, 3.63) is 89.0 Å². The van der Waals surface area contributed by atoms with E-state index in [9.17, 15) is 4.79 Å². The van der Waals surface area contributed by atoms with Gasteiger partial charge in [-0.1, -0.05) is 18.2 Å². The fourth-order valence-electron chi connectivity index (χ4n) is 3.31. The summed E-state index contributed by atoms with van der Waals surface area (Å²) in [5.41, 5.74) is 6.63. The second kappa shape index (κ2) is 7.64. The highest BCUT2D eigenvalue weighted by molar-refractivity contribution is 6.04. The average Bonchev–Trinajstić information content (AvgIpc) is 3.16. The van der Waals surface area contributed by atoms with Gasteiger partial charge in [0.2, 0.25) is 0 Å². The van der Waals surface area contributed by atoms with E-state index in [4.69, 9.17) is 0 Å². The maximum atomic E-state index is 12.5. The van der Waals surface area contributed by atoms with E-state index in [1.165, 1.54) is 5.56 Å². The fourth-order valence-corrected chi connectivity index (χ4v) is 3.31. The minimum absolute atomic E-state index is 0.0756. The summed E-state index contributed by atoms with van der Waals surface area (Å²) in [6, 6.07) is 11.9. The van der Waals surface area contributed by atoms with Crippen LogP contribution in [-0.2, 0) is 6.42 Å². The zero-order valence-electron chi connectivity index (χ0n) is 15.9. The lowest BCUT2D eigenvalue weighted by molar-refractivity contribution is 0.102. The number of amides is 1. The Labute approximate surface area is 164 Å². The molecule has 3 aromatic rings. The SMILES string of the molecule is Cc1cncc(C(=O)Nc2cccc(C(C)Nc3cnc4c(c3)CC=C4)c2)c1. The van der Waals surface area contributed by atoms with Gasteiger partial charge in [-0.05, 0) is 67.3 Å². The van der Waals surface area contributed by atoms with Crippen molar-refractivity contribution in [3.63, 3.8) is 0 Å². The van der Waals surface area contributed by atoms with Crippen molar-refractivity contribution < 1.29 is 4.79 Å². The Bertz CT molecular complexity index is 1060. The van der Waals surface area contributed by atoms with Crippen LogP contribution in [0.3, 0.4) is 0 Å². The molecule has 0 fully saturated rings. The van der Waals surface area contributed by atoms with Crippen LogP contribution in [0.25, 0.3) is 6.08 Å². The molecule has 0 radical (unpaired) electrons. The molecule has 5 nitrogen and oxygen atoms in total. The second-order valence-electron chi connectivity index (χ2n) is 7.07. The quantitative estimate of drug-likeness (QED) is 0.678. The third-order valence-corrected chi connectivity index (χ3v) is 4.78. The lowest BCUT2D eigenvalue weighted by atomic mass is 10.1. The van der Waals surface area contributed by atoms with E-state index in [0.717, 1.165) is 34.6 Å². The summed E-state index contributed by atoms with van der Waals surface area (Å²) >= 11 is 0. The smallest absolute Gasteiger partial charge is 0.257 e. The van der Waals surface area contributed by atoms with Crippen LogP contribution in [0.15, 0.2) is 61.1 Å². The normalized spacial score (nSPS) is 13.1. The van der Waals surface area contributed by atoms with Gasteiger partial charge in [0.25, 0.3) is 5.91 Å². The number of carbonyl (C=O) groups excluding carboxylic acids is 1. The van der Waals surface area contributed by atoms with E-state index in [0.29, 0.717) is 5.56 Å². The Morgan fingerprint density at radius 1 is 1.11 bits per heavy atom. The summed E-state index contributed by atoms with van der Waals surface area (Å²) in [5.74, 6) is -0.163. The monoisotopic (exact) mass is 370 g/mol. The molecule has 140 valence electrons. The number of rotatable bonds is 5. The summed E-state index contributed by atoms with van der Waals surface area (Å²) < 4.78 is 0. The molecule has 1 aliphatic rings. The third kappa shape index (κ3) is 3.93. The van der Waals surface area contributed by atoms with E-state index in [2.05, 4.69) is 45.7 Å². The van der Waals surface area contributed by atoms with Gasteiger partial charge in [-0.15, -0.1) is 0 Å². The van der Waals surface area contributed by atoms with E-state index in [-0.39, 0.29) is 11.9 Å². The number of fused-ring (bicyclic) bond motifs is 1. The number of allylic oxidation sites excluding steroid dienone is 1. The third-order valence-electron chi connectivity index (χ3n) is 4.78. The number of aromatic nitrogens is 2. The van der Waals surface area contributed by atoms with E-state index >= 15 is 0 Å². The lowest BCUT2D eigenvalue weighted by Gasteiger charge is -2.17. The number of anilines is 2. The van der Waals surface area contributed by atoms with Gasteiger partial charge >= 0.3 is 0 Å². The zero-order chi connectivity index (χ0) is 19.5. The van der Waals surface area contributed by atoms with Gasteiger partial charge in [-0.2, -0.15) is 0 Å². The summed E-state index contributed by atoms with van der Waals surface area (Å²) in [6.45, 7) is 4.01. The number of carbonyl (C=O) groups is 1. The van der Waals surface area contributed by atoms with Crippen LogP contribution in [-0.4, -0.2) is 15.9 Å². The predicted octanol–water partition coefficient (Wildman–Crippen LogP) is 4.78. The molecular weight excluding hydrogens is 348 g/mol. The van der Waals surface area contributed by atoms with Crippen LogP contribution in [0.2, 0.25) is 0 Å². The molecule has 1 unspecified atom stereocenters. The maximum Gasteiger partial charge on any atom is 0.257 e. The second-order valence-corrected chi connectivity index (χ2v) is 7.07. The molecule has 2 N–H and O–H groups in total. The van der Waals surface area contributed by atoms with Gasteiger partial charge in [-0.25, -0.2) is 0 Å². The highest BCUT2D eigenvalue weighted by Gasteiger charge is 2.12. The van der Waals surface area contributed by atoms with Crippen molar-refractivity contribution >= 4 is 23.4 Å². The standard InChI is InChI=1S/C23H22N4O/c1-15-9-19(13-24-12-15)23(28)27-20-7-3-5-17(10-20)16(2)26-21-11-18-6-4-8-22(18)25-14-21/h3-5,7-14,16,26H,6H2,1-2H3,(H,27,28). The molecule has 1 aliphatic carbocycles. The largest absolute Gasteiger partial charge is 0.377 e. The van der Waals surface area contributed by atoms with Gasteiger partial charge in [0.05, 0.1) is 23.1 Å². The van der Waals surface area contributed by atoms with Gasteiger partial charge in [-0.3, -0.25) is 14.8 Å². The molecule has 4 rings (SSSR count). The molecule has 1 atom stereocenters. The number of hydrogen-bond donors (Lipinski definition) is 2. The van der Waals surface area contributed by atoms with Crippen molar-refractivity contribution in [2.24, 2.45) is 0 Å². The van der Waals surface area contributed by atoms with Crippen molar-refractivity contribution in [1.29, 1.82) is 0 Å². The minimum atomic E-state index is -0.163. The summed E-state index contributed by atoms with van der Waals surface area (Å²) in [4.78, 5) is 21.0. The topological polar surface area (TPSA) is 66.9 Å². The van der Waals surface area contributed by atoms with Crippen LogP contribution >= 0.6 is 0 Å². The van der Waals surface area contributed by atoms with Gasteiger partial charge in [0.1, 0.15) is 0 Å². The Kier molecular flexibility index (Phi) is 4.89. The van der Waals surface area contributed by atoms with Crippen molar-refractivity contribution in [1.82, 2.24) is 9.97 Å². The Balaban J connectivity index is 1.46. The highest BCUT2D eigenvalue weighted by atomic mass is 16.1. The zero-order valence-corrected chi connectivity index (χ0v) is 15.9. The first-order valence-corrected chi connectivity index (χ1v) is 9.33. The minimum Gasteiger partial charge on any atom is -0.377 e. The first-order chi connectivity index (χ1) is 13.6. The molecule has 0 aliphatic heterocycles. The Hall–Kier alpha value is -3.47. The molecule has 0 spiro atoms. The van der Waals surface area contributed by atoms with Crippen LogP contribution in [0.4, 0.5) is 11.4 Å². The molecular formula is C23H22N4O. The molecule has 0 saturated heterocycles. The number of nitrogens with zero attached hydrogens (tertiary/aromatic N) is 2. The fraction of sp³-hybridized carbons (Fsp3) is 0.174. The summed E-state index contributed by atoms with van der Waals surface area (Å²) in [6.07, 6.45) is 10.3. The summed E-state index contributed by atoms with van der Waals surface area (Å²) in [5, 5.41) is 6.45. The molecule has 2 heterocycles. The maximum absolute atomic E-state index is 12.5. The van der Waals surface area contributed by atoms with Crippen molar-refractivity contribution in [2.45, 2.75) is 26.3 Å². The van der Waals surface area contributed by atoms with E-state index in [1.807, 2.05) is 43.5 Å². The summed E-state index contributed by atoms with van der Waals surface area (Å²) in [7, 11) is 0. The Morgan fingerprint density at radius 3 is 2.86 bits per heavy atom. The molecule has 1 amide bonds. The van der Waals surface area contributed by atoms with E-state index in [1.54, 1.807) is 12.4 Å². The first-order valence-electron chi connectivity index (χ1n) is 9.33. The highest BCUT2D eigenvalue weighted by Crippen LogP contribution is 2.25.